The molecule has 0 amide bonds. The molecule has 4 rings (SSSR count). The fourth-order valence-electron chi connectivity index (χ4n) is 3.50. The zero-order valence-corrected chi connectivity index (χ0v) is 17.5. The van der Waals surface area contributed by atoms with E-state index in [9.17, 15) is 14.4 Å². The van der Waals surface area contributed by atoms with Crippen LogP contribution in [-0.4, -0.2) is 32.7 Å². The summed E-state index contributed by atoms with van der Waals surface area (Å²) in [7, 11) is 1.87. The number of rotatable bonds is 5. The molecule has 0 saturated carbocycles. The zero-order valence-electron chi connectivity index (χ0n) is 17.5. The molecule has 0 saturated heterocycles. The van der Waals surface area contributed by atoms with Crippen molar-refractivity contribution in [3.05, 3.63) is 93.7 Å². The van der Waals surface area contributed by atoms with Crippen molar-refractivity contribution >= 4 is 22.5 Å². The van der Waals surface area contributed by atoms with Gasteiger partial charge in [0.05, 0.1) is 11.1 Å². The molecule has 0 radical (unpaired) electrons. The smallest absolute Gasteiger partial charge is 0.359 e. The number of hydrogen-bond donors (Lipinski definition) is 0. The van der Waals surface area contributed by atoms with Crippen molar-refractivity contribution < 1.29 is 14.3 Å². The summed E-state index contributed by atoms with van der Waals surface area (Å²) >= 11 is 0. The number of aryl methyl sites for hydroxylation is 1. The van der Waals surface area contributed by atoms with Crippen LogP contribution in [0.1, 0.15) is 32.2 Å². The molecule has 7 heteroatoms. The van der Waals surface area contributed by atoms with Crippen LogP contribution in [0.25, 0.3) is 16.5 Å². The second-order valence-corrected chi connectivity index (χ2v) is 7.29. The molecule has 0 unspecified atom stereocenters. The molecule has 0 fully saturated rings. The Balaban J connectivity index is 1.69. The maximum Gasteiger partial charge on any atom is 0.359 e. The fraction of sp³-hybridized carbons (Fsp3) is 0.167. The molecular formula is C24H21N3O4. The predicted molar refractivity (Wildman–Crippen MR) is 117 cm³/mol. The second-order valence-electron chi connectivity index (χ2n) is 7.29. The van der Waals surface area contributed by atoms with Gasteiger partial charge in [0.15, 0.2) is 12.3 Å². The first-order chi connectivity index (χ1) is 14.9. The molecule has 0 N–H and O–H groups in total. The molecule has 156 valence electrons. The van der Waals surface area contributed by atoms with E-state index >= 15 is 0 Å². The van der Waals surface area contributed by atoms with E-state index in [1.54, 1.807) is 54.6 Å². The van der Waals surface area contributed by atoms with Crippen LogP contribution in [0.15, 0.2) is 65.5 Å². The SMILES string of the molecule is Cc1cc(C(=O)COC(=O)c2nn(-c3ccccc3)c(=O)c3ccccc23)c(C)n1C. The van der Waals surface area contributed by atoms with E-state index in [2.05, 4.69) is 5.10 Å². The first kappa shape index (κ1) is 20.3. The summed E-state index contributed by atoms with van der Waals surface area (Å²) in [5, 5.41) is 4.99. The molecule has 2 aromatic carbocycles. The Morgan fingerprint density at radius 3 is 2.26 bits per heavy atom. The number of aromatic nitrogens is 3. The largest absolute Gasteiger partial charge is 0.452 e. The highest BCUT2D eigenvalue weighted by atomic mass is 16.5. The van der Waals surface area contributed by atoms with Crippen LogP contribution in [0.2, 0.25) is 0 Å². The molecule has 0 spiro atoms. The molecule has 7 nitrogen and oxygen atoms in total. The van der Waals surface area contributed by atoms with Crippen molar-refractivity contribution in [3.63, 3.8) is 0 Å². The van der Waals surface area contributed by atoms with Gasteiger partial charge in [0.25, 0.3) is 5.56 Å². The Morgan fingerprint density at radius 2 is 1.61 bits per heavy atom. The summed E-state index contributed by atoms with van der Waals surface area (Å²) in [5.74, 6) is -1.06. The number of para-hydroxylation sites is 1. The Kier molecular flexibility index (Phi) is 5.25. The number of hydrogen-bond acceptors (Lipinski definition) is 5. The number of esters is 1. The number of carbonyl (C=O) groups excluding carboxylic acids is 2. The van der Waals surface area contributed by atoms with Gasteiger partial charge >= 0.3 is 5.97 Å². The van der Waals surface area contributed by atoms with Crippen molar-refractivity contribution in [3.8, 4) is 5.69 Å². The van der Waals surface area contributed by atoms with Crippen LogP contribution in [-0.2, 0) is 11.8 Å². The molecule has 2 heterocycles. The number of carbonyl (C=O) groups is 2. The minimum absolute atomic E-state index is 0.0205. The molecule has 31 heavy (non-hydrogen) atoms. The van der Waals surface area contributed by atoms with Gasteiger partial charge in [-0.05, 0) is 38.1 Å². The average molecular weight is 415 g/mol. The number of benzene rings is 2. The lowest BCUT2D eigenvalue weighted by Crippen LogP contribution is -2.26. The van der Waals surface area contributed by atoms with E-state index < -0.39 is 12.6 Å². The van der Waals surface area contributed by atoms with Gasteiger partial charge in [-0.3, -0.25) is 9.59 Å². The first-order valence-electron chi connectivity index (χ1n) is 9.79. The van der Waals surface area contributed by atoms with Crippen LogP contribution >= 0.6 is 0 Å². The van der Waals surface area contributed by atoms with Gasteiger partial charge in [-0.15, -0.1) is 0 Å². The zero-order chi connectivity index (χ0) is 22.1. The van der Waals surface area contributed by atoms with E-state index in [0.29, 0.717) is 22.0 Å². The van der Waals surface area contributed by atoms with E-state index in [1.165, 1.54) is 4.68 Å². The molecule has 0 aliphatic rings. The van der Waals surface area contributed by atoms with Crippen molar-refractivity contribution in [2.75, 3.05) is 6.61 Å². The second kappa shape index (κ2) is 8.02. The van der Waals surface area contributed by atoms with Gasteiger partial charge in [0.1, 0.15) is 0 Å². The van der Waals surface area contributed by atoms with Gasteiger partial charge < -0.3 is 9.30 Å². The molecule has 0 bridgehead atoms. The molecule has 4 aromatic rings. The number of ether oxygens (including phenoxy) is 1. The summed E-state index contributed by atoms with van der Waals surface area (Å²) < 4.78 is 8.39. The molecule has 0 aliphatic carbocycles. The van der Waals surface area contributed by atoms with Crippen LogP contribution < -0.4 is 5.56 Å². The lowest BCUT2D eigenvalue weighted by Gasteiger charge is -2.11. The number of ketones is 1. The van der Waals surface area contributed by atoms with Gasteiger partial charge in [0, 0.05) is 29.4 Å². The summed E-state index contributed by atoms with van der Waals surface area (Å²) in [6, 6.07) is 17.3. The Labute approximate surface area is 178 Å². The van der Waals surface area contributed by atoms with Crippen molar-refractivity contribution in [2.24, 2.45) is 7.05 Å². The summed E-state index contributed by atoms with van der Waals surface area (Å²) in [5.41, 5.74) is 2.42. The molecule has 0 aliphatic heterocycles. The third kappa shape index (κ3) is 3.66. The van der Waals surface area contributed by atoms with E-state index in [4.69, 9.17) is 4.74 Å². The van der Waals surface area contributed by atoms with Crippen molar-refractivity contribution in [1.82, 2.24) is 14.3 Å². The number of nitrogens with zero attached hydrogens (tertiary/aromatic N) is 3. The van der Waals surface area contributed by atoms with Gasteiger partial charge in [0.2, 0.25) is 5.78 Å². The first-order valence-corrected chi connectivity index (χ1v) is 9.79. The third-order valence-corrected chi connectivity index (χ3v) is 5.41. The third-order valence-electron chi connectivity index (χ3n) is 5.41. The van der Waals surface area contributed by atoms with E-state index in [0.717, 1.165) is 11.4 Å². The highest BCUT2D eigenvalue weighted by Crippen LogP contribution is 2.17. The van der Waals surface area contributed by atoms with Crippen LogP contribution in [0.3, 0.4) is 0 Å². The van der Waals surface area contributed by atoms with Crippen LogP contribution in [0.4, 0.5) is 0 Å². The lowest BCUT2D eigenvalue weighted by molar-refractivity contribution is 0.0469. The quantitative estimate of drug-likeness (QED) is 0.369. The van der Waals surface area contributed by atoms with E-state index in [-0.39, 0.29) is 17.0 Å². The minimum atomic E-state index is -0.764. The van der Waals surface area contributed by atoms with Gasteiger partial charge in [-0.25, -0.2) is 4.79 Å². The molecular weight excluding hydrogens is 394 g/mol. The topological polar surface area (TPSA) is 83.2 Å². The number of Topliss-reactive ketones (excluding diaryl/α,β-unsaturated/α-hetero) is 1. The Hall–Kier alpha value is -4.00. The summed E-state index contributed by atoms with van der Waals surface area (Å²) in [4.78, 5) is 38.4. The Bertz CT molecular complexity index is 1370. The van der Waals surface area contributed by atoms with Crippen LogP contribution in [0.5, 0.6) is 0 Å². The molecule has 0 atom stereocenters. The monoisotopic (exact) mass is 415 g/mol. The predicted octanol–water partition coefficient (Wildman–Crippen LogP) is 3.38. The summed E-state index contributed by atoms with van der Waals surface area (Å²) in [6.45, 7) is 3.33. The maximum absolute atomic E-state index is 12.9. The number of fused-ring (bicyclic) bond motifs is 1. The highest BCUT2D eigenvalue weighted by Gasteiger charge is 2.21. The summed E-state index contributed by atoms with van der Waals surface area (Å²) in [6.07, 6.45) is 0. The fourth-order valence-corrected chi connectivity index (χ4v) is 3.50. The standard InChI is InChI=1S/C24H21N3O4/c1-15-13-20(16(2)26(15)3)21(28)14-31-24(30)22-18-11-7-8-12-19(18)23(29)27(25-22)17-9-5-4-6-10-17/h4-13H,14H2,1-3H3. The Morgan fingerprint density at radius 1 is 0.968 bits per heavy atom. The van der Waals surface area contributed by atoms with Crippen molar-refractivity contribution in [1.29, 1.82) is 0 Å². The van der Waals surface area contributed by atoms with Crippen molar-refractivity contribution in [2.45, 2.75) is 13.8 Å². The molecule has 2 aromatic heterocycles. The normalized spacial score (nSPS) is 10.9. The lowest BCUT2D eigenvalue weighted by atomic mass is 10.1. The van der Waals surface area contributed by atoms with Crippen LogP contribution in [0, 0.1) is 13.8 Å². The van der Waals surface area contributed by atoms with E-state index in [1.807, 2.05) is 31.5 Å². The maximum atomic E-state index is 12.9. The highest BCUT2D eigenvalue weighted by molar-refractivity contribution is 6.04. The van der Waals surface area contributed by atoms with Gasteiger partial charge in [-0.1, -0.05) is 36.4 Å². The minimum Gasteiger partial charge on any atom is -0.452 e. The average Bonchev–Trinajstić information content (AvgIpc) is 3.05. The van der Waals surface area contributed by atoms with Gasteiger partial charge in [-0.2, -0.15) is 9.78 Å².